The van der Waals surface area contributed by atoms with Gasteiger partial charge in [0.15, 0.2) is 0 Å². The van der Waals surface area contributed by atoms with Crippen molar-refractivity contribution in [2.75, 3.05) is 13.1 Å². The van der Waals surface area contributed by atoms with Crippen LogP contribution >= 0.6 is 11.8 Å². The van der Waals surface area contributed by atoms with Gasteiger partial charge in [-0.2, -0.15) is 4.31 Å². The van der Waals surface area contributed by atoms with Crippen molar-refractivity contribution < 1.29 is 13.3 Å². The van der Waals surface area contributed by atoms with E-state index in [0.717, 1.165) is 30.7 Å². The zero-order chi connectivity index (χ0) is 21.4. The SMILES string of the molecule is CC1CCN(S(=O)(=O)c2ccc(Sc3n[nH]c(C(C)(C)C)n3)c([N+](=O)[O-])c2)CC1. The van der Waals surface area contributed by atoms with E-state index in [1.165, 1.54) is 16.4 Å². The van der Waals surface area contributed by atoms with Crippen molar-refractivity contribution >= 4 is 27.5 Å². The van der Waals surface area contributed by atoms with E-state index in [4.69, 9.17) is 0 Å². The molecule has 1 aliphatic rings. The van der Waals surface area contributed by atoms with E-state index >= 15 is 0 Å². The van der Waals surface area contributed by atoms with Crippen molar-refractivity contribution in [2.24, 2.45) is 5.92 Å². The fraction of sp³-hybridized carbons (Fsp3) is 0.556. The first-order valence-electron chi connectivity index (χ1n) is 9.38. The molecule has 2 aromatic rings. The number of nitro benzene ring substituents is 1. The molecular formula is C18H25N5O4S2. The van der Waals surface area contributed by atoms with Gasteiger partial charge >= 0.3 is 0 Å². The lowest BCUT2D eigenvalue weighted by Crippen LogP contribution is -2.37. The lowest BCUT2D eigenvalue weighted by Gasteiger charge is -2.29. The van der Waals surface area contributed by atoms with Crippen LogP contribution in [0, 0.1) is 16.0 Å². The first kappa shape index (κ1) is 21.7. The summed E-state index contributed by atoms with van der Waals surface area (Å²) in [6.45, 7) is 8.89. The number of benzene rings is 1. The second-order valence-electron chi connectivity index (χ2n) is 8.29. The Bertz CT molecular complexity index is 1010. The minimum absolute atomic E-state index is 0.0616. The van der Waals surface area contributed by atoms with Crippen molar-refractivity contribution in [2.45, 2.75) is 60.9 Å². The number of hydrogen-bond acceptors (Lipinski definition) is 7. The van der Waals surface area contributed by atoms with Crippen LogP contribution in [0.25, 0.3) is 0 Å². The average Bonchev–Trinajstić information content (AvgIpc) is 3.11. The van der Waals surface area contributed by atoms with Gasteiger partial charge in [-0.1, -0.05) is 27.7 Å². The molecule has 0 bridgehead atoms. The zero-order valence-electron chi connectivity index (χ0n) is 16.9. The summed E-state index contributed by atoms with van der Waals surface area (Å²) >= 11 is 1.03. The minimum atomic E-state index is -3.76. The number of aromatic nitrogens is 3. The van der Waals surface area contributed by atoms with E-state index in [9.17, 15) is 18.5 Å². The smallest absolute Gasteiger partial charge is 0.262 e. The Kier molecular flexibility index (Phi) is 6.02. The van der Waals surface area contributed by atoms with Crippen molar-refractivity contribution in [1.29, 1.82) is 0 Å². The molecule has 0 radical (unpaired) electrons. The van der Waals surface area contributed by atoms with Crippen LogP contribution in [-0.4, -0.2) is 45.9 Å². The van der Waals surface area contributed by atoms with Gasteiger partial charge < -0.3 is 0 Å². The summed E-state index contributed by atoms with van der Waals surface area (Å²) in [5.74, 6) is 1.15. The van der Waals surface area contributed by atoms with E-state index in [1.54, 1.807) is 0 Å². The van der Waals surface area contributed by atoms with Gasteiger partial charge in [0.1, 0.15) is 5.82 Å². The van der Waals surface area contributed by atoms with Crippen molar-refractivity contribution in [3.05, 3.63) is 34.1 Å². The number of H-pyrrole nitrogens is 1. The van der Waals surface area contributed by atoms with Crippen LogP contribution in [0.5, 0.6) is 0 Å². The van der Waals surface area contributed by atoms with E-state index < -0.39 is 14.9 Å². The number of rotatable bonds is 5. The Labute approximate surface area is 174 Å². The maximum Gasteiger partial charge on any atom is 0.284 e. The zero-order valence-corrected chi connectivity index (χ0v) is 18.5. The van der Waals surface area contributed by atoms with Crippen LogP contribution in [0.15, 0.2) is 33.1 Å². The van der Waals surface area contributed by atoms with Crippen LogP contribution < -0.4 is 0 Å². The minimum Gasteiger partial charge on any atom is -0.262 e. The average molecular weight is 440 g/mol. The predicted molar refractivity (Wildman–Crippen MR) is 109 cm³/mol. The summed E-state index contributed by atoms with van der Waals surface area (Å²) in [5, 5.41) is 18.9. The molecule has 2 heterocycles. The fourth-order valence-corrected chi connectivity index (χ4v) is 5.28. The maximum absolute atomic E-state index is 12.9. The standard InChI is InChI=1S/C18H25N5O4S2/c1-12-7-9-22(10-8-12)29(26,27)13-5-6-15(14(11-13)23(24)25)28-17-19-16(20-21-17)18(2,3)4/h5-6,11-12H,7-10H2,1-4H3,(H,19,20,21). The third-order valence-electron chi connectivity index (χ3n) is 4.88. The molecule has 1 aromatic carbocycles. The summed E-state index contributed by atoms with van der Waals surface area (Å²) in [5.41, 5.74) is -0.509. The van der Waals surface area contributed by atoms with Crippen molar-refractivity contribution in [3.63, 3.8) is 0 Å². The van der Waals surface area contributed by atoms with Gasteiger partial charge in [-0.3, -0.25) is 15.2 Å². The Balaban J connectivity index is 1.89. The van der Waals surface area contributed by atoms with E-state index in [-0.39, 0.29) is 16.0 Å². The van der Waals surface area contributed by atoms with Crippen LogP contribution in [-0.2, 0) is 15.4 Å². The number of hydrogen-bond donors (Lipinski definition) is 1. The van der Waals surface area contributed by atoms with Crippen LogP contribution in [0.1, 0.15) is 46.4 Å². The van der Waals surface area contributed by atoms with Gasteiger partial charge in [0.2, 0.25) is 15.2 Å². The monoisotopic (exact) mass is 439 g/mol. The van der Waals surface area contributed by atoms with Gasteiger partial charge in [-0.05, 0) is 42.7 Å². The van der Waals surface area contributed by atoms with E-state index in [0.29, 0.717) is 34.9 Å². The Morgan fingerprint density at radius 1 is 1.28 bits per heavy atom. The quantitative estimate of drug-likeness (QED) is 0.558. The first-order valence-corrected chi connectivity index (χ1v) is 11.6. The number of aromatic amines is 1. The Morgan fingerprint density at radius 3 is 2.48 bits per heavy atom. The molecule has 9 nitrogen and oxygen atoms in total. The molecule has 1 N–H and O–H groups in total. The normalized spacial score (nSPS) is 16.8. The lowest BCUT2D eigenvalue weighted by molar-refractivity contribution is -0.388. The maximum atomic E-state index is 12.9. The number of sulfonamides is 1. The fourth-order valence-electron chi connectivity index (χ4n) is 2.99. The van der Waals surface area contributed by atoms with Crippen LogP contribution in [0.2, 0.25) is 0 Å². The number of piperidine rings is 1. The second kappa shape index (κ2) is 8.04. The predicted octanol–water partition coefficient (Wildman–Crippen LogP) is 3.58. The molecule has 0 spiro atoms. The van der Waals surface area contributed by atoms with Crippen LogP contribution in [0.4, 0.5) is 5.69 Å². The third-order valence-corrected chi connectivity index (χ3v) is 7.71. The molecule has 1 aliphatic heterocycles. The number of nitro groups is 1. The highest BCUT2D eigenvalue weighted by Gasteiger charge is 2.30. The highest BCUT2D eigenvalue weighted by atomic mass is 32.2. The number of nitrogens with zero attached hydrogens (tertiary/aromatic N) is 4. The number of nitrogens with one attached hydrogen (secondary N) is 1. The summed E-state index contributed by atoms with van der Waals surface area (Å²) in [6, 6.07) is 4.00. The first-order chi connectivity index (χ1) is 13.5. The highest BCUT2D eigenvalue weighted by molar-refractivity contribution is 7.99. The largest absolute Gasteiger partial charge is 0.284 e. The topological polar surface area (TPSA) is 122 Å². The van der Waals surface area contributed by atoms with E-state index in [1.807, 2.05) is 20.8 Å². The summed E-state index contributed by atoms with van der Waals surface area (Å²) in [7, 11) is -3.76. The molecule has 0 amide bonds. The molecule has 29 heavy (non-hydrogen) atoms. The Hall–Kier alpha value is -1.98. The molecule has 3 rings (SSSR count). The van der Waals surface area contributed by atoms with Gasteiger partial charge in [0, 0.05) is 24.6 Å². The molecule has 11 heteroatoms. The second-order valence-corrected chi connectivity index (χ2v) is 11.2. The molecule has 0 aliphatic carbocycles. The third kappa shape index (κ3) is 4.78. The molecule has 0 unspecified atom stereocenters. The Morgan fingerprint density at radius 2 is 1.93 bits per heavy atom. The van der Waals surface area contributed by atoms with E-state index in [2.05, 4.69) is 22.1 Å². The van der Waals surface area contributed by atoms with Crippen molar-refractivity contribution in [1.82, 2.24) is 19.5 Å². The highest BCUT2D eigenvalue weighted by Crippen LogP contribution is 2.36. The van der Waals surface area contributed by atoms with Crippen molar-refractivity contribution in [3.8, 4) is 0 Å². The molecule has 0 saturated carbocycles. The molecule has 0 atom stereocenters. The van der Waals surface area contributed by atoms with Gasteiger partial charge in [0.05, 0.1) is 14.7 Å². The molecule has 1 saturated heterocycles. The lowest BCUT2D eigenvalue weighted by atomic mass is 9.96. The van der Waals surface area contributed by atoms with Gasteiger partial charge in [-0.15, -0.1) is 5.10 Å². The molecular weight excluding hydrogens is 414 g/mol. The molecule has 1 fully saturated rings. The summed E-state index contributed by atoms with van der Waals surface area (Å²) in [6.07, 6.45) is 1.58. The van der Waals surface area contributed by atoms with Gasteiger partial charge in [-0.25, -0.2) is 13.4 Å². The summed E-state index contributed by atoms with van der Waals surface area (Å²) in [4.78, 5) is 15.6. The molecule has 158 valence electrons. The van der Waals surface area contributed by atoms with Crippen LogP contribution in [0.3, 0.4) is 0 Å². The molecule has 1 aromatic heterocycles. The summed E-state index contributed by atoms with van der Waals surface area (Å²) < 4.78 is 27.2. The van der Waals surface area contributed by atoms with Gasteiger partial charge in [0.25, 0.3) is 5.69 Å².